The quantitative estimate of drug-likeness (QED) is 0.248. The Kier molecular flexibility index (Phi) is 8.21. The van der Waals surface area contributed by atoms with Crippen LogP contribution in [0.15, 0.2) is 24.3 Å². The molecule has 0 saturated carbocycles. The van der Waals surface area contributed by atoms with E-state index < -0.39 is 25.5 Å². The van der Waals surface area contributed by atoms with Crippen LogP contribution in [0.5, 0.6) is 0 Å². The van der Waals surface area contributed by atoms with Gasteiger partial charge in [-0.25, -0.2) is 4.79 Å². The van der Waals surface area contributed by atoms with Crippen molar-refractivity contribution in [1.82, 2.24) is 0 Å². The third kappa shape index (κ3) is 5.45. The van der Waals surface area contributed by atoms with Crippen molar-refractivity contribution in [2.45, 2.75) is 77.5 Å². The Labute approximate surface area is 176 Å². The standard InChI is InChI=1S/C22H38O6Si/c1-11-12-17-13-16(14-18(23)25-7)19(24)22(26-8,28-17)21(5,6)15-27-29(9,10)20(2,3)4/h11,14,17H,1,12-13,15H2,2-10H3/b16-14-/t17-,22-/m1/s1. The first-order chi connectivity index (χ1) is 13.2. The molecule has 0 aliphatic carbocycles. The van der Waals surface area contributed by atoms with Gasteiger partial charge in [0.05, 0.1) is 13.2 Å². The van der Waals surface area contributed by atoms with Gasteiger partial charge in [0, 0.05) is 37.2 Å². The number of hydrogen-bond acceptors (Lipinski definition) is 6. The highest BCUT2D eigenvalue weighted by Gasteiger charge is 2.58. The van der Waals surface area contributed by atoms with E-state index in [0.29, 0.717) is 18.4 Å². The predicted molar refractivity (Wildman–Crippen MR) is 116 cm³/mol. The van der Waals surface area contributed by atoms with Crippen molar-refractivity contribution in [2.75, 3.05) is 20.8 Å². The SMILES string of the molecule is C=CC[C@@H]1C/C(=C/C(=O)OC)C(=O)[C@](OC)(C(C)(C)CO[Si](C)(C)C(C)(C)C)O1. The van der Waals surface area contributed by atoms with Crippen molar-refractivity contribution >= 4 is 20.1 Å². The molecule has 0 bridgehead atoms. The summed E-state index contributed by atoms with van der Waals surface area (Å²) >= 11 is 0. The Balaban J connectivity index is 3.34. The van der Waals surface area contributed by atoms with Crippen molar-refractivity contribution < 1.29 is 28.2 Å². The smallest absolute Gasteiger partial charge is 0.330 e. The van der Waals surface area contributed by atoms with Crippen molar-refractivity contribution in [2.24, 2.45) is 5.41 Å². The van der Waals surface area contributed by atoms with Gasteiger partial charge in [-0.1, -0.05) is 40.7 Å². The van der Waals surface area contributed by atoms with Gasteiger partial charge in [-0.15, -0.1) is 6.58 Å². The number of methoxy groups -OCH3 is 2. The fraction of sp³-hybridized carbons (Fsp3) is 0.727. The van der Waals surface area contributed by atoms with Crippen molar-refractivity contribution in [3.8, 4) is 0 Å². The fourth-order valence-corrected chi connectivity index (χ4v) is 4.23. The van der Waals surface area contributed by atoms with Crippen LogP contribution in [0.2, 0.25) is 18.1 Å². The summed E-state index contributed by atoms with van der Waals surface area (Å²) in [5, 5.41) is 0.0298. The van der Waals surface area contributed by atoms with Crippen LogP contribution in [-0.2, 0) is 28.2 Å². The van der Waals surface area contributed by atoms with Crippen LogP contribution < -0.4 is 0 Å². The summed E-state index contributed by atoms with van der Waals surface area (Å²) in [6, 6.07) is 0. The lowest BCUT2D eigenvalue weighted by molar-refractivity contribution is -0.289. The molecule has 0 unspecified atom stereocenters. The molecule has 6 nitrogen and oxygen atoms in total. The van der Waals surface area contributed by atoms with Gasteiger partial charge in [0.1, 0.15) is 0 Å². The number of esters is 1. The average molecular weight is 427 g/mol. The maximum absolute atomic E-state index is 13.5. The summed E-state index contributed by atoms with van der Waals surface area (Å²) in [5.74, 6) is -2.51. The first-order valence-electron chi connectivity index (χ1n) is 9.98. The summed E-state index contributed by atoms with van der Waals surface area (Å²) in [6.45, 7) is 18.7. The number of carbonyl (C=O) groups is 2. The summed E-state index contributed by atoms with van der Waals surface area (Å²) in [7, 11) is 0.685. The molecule has 1 aliphatic heterocycles. The molecule has 0 aromatic heterocycles. The molecule has 7 heteroatoms. The first-order valence-corrected chi connectivity index (χ1v) is 12.9. The van der Waals surface area contributed by atoms with Gasteiger partial charge in [0.15, 0.2) is 8.32 Å². The second-order valence-electron chi connectivity index (χ2n) is 9.74. The normalized spacial score (nSPS) is 25.2. The van der Waals surface area contributed by atoms with Gasteiger partial charge in [-0.2, -0.15) is 0 Å². The molecule has 166 valence electrons. The fourth-order valence-electron chi connectivity index (χ4n) is 3.08. The zero-order valence-electron chi connectivity index (χ0n) is 19.5. The van der Waals surface area contributed by atoms with Crippen LogP contribution in [0, 0.1) is 5.41 Å². The monoisotopic (exact) mass is 426 g/mol. The molecule has 0 spiro atoms. The minimum atomic E-state index is -2.05. The zero-order chi connectivity index (χ0) is 22.7. The van der Waals surface area contributed by atoms with Crippen molar-refractivity contribution in [3.63, 3.8) is 0 Å². The highest BCUT2D eigenvalue weighted by atomic mass is 28.4. The molecule has 0 N–H and O–H groups in total. The number of rotatable bonds is 8. The van der Waals surface area contributed by atoms with Gasteiger partial charge in [-0.05, 0) is 24.6 Å². The van der Waals surface area contributed by atoms with E-state index in [1.54, 1.807) is 6.08 Å². The summed E-state index contributed by atoms with van der Waals surface area (Å²) in [6.07, 6.45) is 3.45. The number of ether oxygens (including phenoxy) is 3. The van der Waals surface area contributed by atoms with E-state index in [2.05, 4.69) is 40.4 Å². The Morgan fingerprint density at radius 2 is 1.86 bits per heavy atom. The molecule has 1 rings (SSSR count). The molecule has 0 aromatic carbocycles. The Morgan fingerprint density at radius 3 is 2.31 bits per heavy atom. The molecular formula is C22H38O6Si. The number of carbonyl (C=O) groups excluding carboxylic acids is 2. The molecule has 1 aliphatic rings. The predicted octanol–water partition coefficient (Wildman–Crippen LogP) is 4.41. The first kappa shape index (κ1) is 25.8. The second kappa shape index (κ2) is 9.25. The molecule has 29 heavy (non-hydrogen) atoms. The van der Waals surface area contributed by atoms with E-state index in [4.69, 9.17) is 18.6 Å². The highest BCUT2D eigenvalue weighted by Crippen LogP contribution is 2.45. The highest BCUT2D eigenvalue weighted by molar-refractivity contribution is 6.74. The van der Waals surface area contributed by atoms with E-state index in [9.17, 15) is 9.59 Å². The third-order valence-electron chi connectivity index (χ3n) is 6.07. The molecular weight excluding hydrogens is 388 g/mol. The van der Waals surface area contributed by atoms with Gasteiger partial charge in [-0.3, -0.25) is 4.79 Å². The lowest BCUT2D eigenvalue weighted by atomic mass is 9.76. The zero-order valence-corrected chi connectivity index (χ0v) is 20.5. The second-order valence-corrected chi connectivity index (χ2v) is 14.6. The van der Waals surface area contributed by atoms with E-state index in [-0.39, 0.29) is 23.5 Å². The minimum Gasteiger partial charge on any atom is -0.466 e. The summed E-state index contributed by atoms with van der Waals surface area (Å²) in [5.41, 5.74) is -0.471. The Bertz CT molecular complexity index is 659. The molecule has 0 radical (unpaired) electrons. The van der Waals surface area contributed by atoms with Gasteiger partial charge < -0.3 is 18.6 Å². The lowest BCUT2D eigenvalue weighted by Gasteiger charge is -2.49. The minimum absolute atomic E-state index is 0.0298. The van der Waals surface area contributed by atoms with Crippen molar-refractivity contribution in [3.05, 3.63) is 24.3 Å². The average Bonchev–Trinajstić information content (AvgIpc) is 2.61. The largest absolute Gasteiger partial charge is 0.466 e. The molecule has 1 saturated heterocycles. The number of Topliss-reactive ketones (excluding diaryl/α,β-unsaturated/α-hetero) is 1. The van der Waals surface area contributed by atoms with E-state index in [1.807, 2.05) is 13.8 Å². The third-order valence-corrected chi connectivity index (χ3v) is 10.6. The van der Waals surface area contributed by atoms with E-state index in [0.717, 1.165) is 0 Å². The van der Waals surface area contributed by atoms with E-state index in [1.165, 1.54) is 20.3 Å². The van der Waals surface area contributed by atoms with Crippen molar-refractivity contribution in [1.29, 1.82) is 0 Å². The van der Waals surface area contributed by atoms with Gasteiger partial charge in [0.25, 0.3) is 0 Å². The Morgan fingerprint density at radius 1 is 1.28 bits per heavy atom. The van der Waals surface area contributed by atoms with Crippen LogP contribution in [0.25, 0.3) is 0 Å². The lowest BCUT2D eigenvalue weighted by Crippen LogP contribution is -2.62. The number of hydrogen-bond donors (Lipinski definition) is 0. The van der Waals surface area contributed by atoms with Gasteiger partial charge in [0.2, 0.25) is 11.6 Å². The maximum Gasteiger partial charge on any atom is 0.330 e. The van der Waals surface area contributed by atoms with Gasteiger partial charge >= 0.3 is 5.97 Å². The van der Waals surface area contributed by atoms with E-state index >= 15 is 0 Å². The molecule has 1 fully saturated rings. The number of ketones is 1. The van der Waals surface area contributed by atoms with Crippen LogP contribution in [0.4, 0.5) is 0 Å². The maximum atomic E-state index is 13.5. The van der Waals surface area contributed by atoms with Crippen LogP contribution in [0.3, 0.4) is 0 Å². The van der Waals surface area contributed by atoms with Crippen LogP contribution >= 0.6 is 0 Å². The molecule has 1 heterocycles. The molecule has 2 atom stereocenters. The van der Waals surface area contributed by atoms with Crippen LogP contribution in [-0.4, -0.2) is 52.8 Å². The van der Waals surface area contributed by atoms with Crippen LogP contribution in [0.1, 0.15) is 47.5 Å². The topological polar surface area (TPSA) is 71.1 Å². The Hall–Kier alpha value is -1.28. The summed E-state index contributed by atoms with van der Waals surface area (Å²) in [4.78, 5) is 25.3. The summed E-state index contributed by atoms with van der Waals surface area (Å²) < 4.78 is 23.1. The molecule has 0 aromatic rings. The molecule has 0 amide bonds.